The van der Waals surface area contributed by atoms with Gasteiger partial charge in [0, 0.05) is 36.9 Å². The van der Waals surface area contributed by atoms with E-state index in [9.17, 15) is 0 Å². The Balaban J connectivity index is 0.000000666. The van der Waals surface area contributed by atoms with E-state index in [1.54, 1.807) is 0 Å². The van der Waals surface area contributed by atoms with Crippen molar-refractivity contribution >= 4 is 16.7 Å². The fourth-order valence-electron chi connectivity index (χ4n) is 6.83. The molecule has 282 valence electrons. The summed E-state index contributed by atoms with van der Waals surface area (Å²) >= 11 is 0. The quantitative estimate of drug-likeness (QED) is 0.215. The fourth-order valence-corrected chi connectivity index (χ4v) is 6.83. The van der Waals surface area contributed by atoms with Crippen molar-refractivity contribution in [2.24, 2.45) is 17.1 Å². The number of aromatic nitrogens is 3. The van der Waals surface area contributed by atoms with Crippen LogP contribution in [-0.4, -0.2) is 32.5 Å². The Labute approximate surface area is 308 Å². The SMILES string of the molecule is C=C(N)N1CCC2(CC1)C(=C)N(Cc1nc3ccc(C)cc3n1CCCCC)c1cnccc12.CC.CC.CC.CC(C)CCCC(C)(C)C. The second-order valence-corrected chi connectivity index (χ2v) is 14.7. The lowest BCUT2D eigenvalue weighted by molar-refractivity contribution is 0.219. The zero-order chi connectivity index (χ0) is 38.1. The lowest BCUT2D eigenvalue weighted by Crippen LogP contribution is -2.44. The molecule has 50 heavy (non-hydrogen) atoms. The first-order valence-electron chi connectivity index (χ1n) is 19.9. The maximum atomic E-state index is 6.00. The van der Waals surface area contributed by atoms with E-state index in [0.29, 0.717) is 17.8 Å². The predicted molar refractivity (Wildman–Crippen MR) is 222 cm³/mol. The zero-order valence-electron chi connectivity index (χ0n) is 34.8. The average Bonchev–Trinajstić information content (AvgIpc) is 3.55. The Bertz CT molecular complexity index is 1420. The molecule has 0 unspecified atom stereocenters. The molecule has 5 rings (SSSR count). The third-order valence-electron chi connectivity index (χ3n) is 9.48. The summed E-state index contributed by atoms with van der Waals surface area (Å²) in [5.74, 6) is 2.63. The van der Waals surface area contributed by atoms with Crippen LogP contribution in [-0.2, 0) is 18.5 Å². The van der Waals surface area contributed by atoms with Crippen LogP contribution in [0.25, 0.3) is 11.0 Å². The van der Waals surface area contributed by atoms with Gasteiger partial charge in [0.1, 0.15) is 5.82 Å². The number of likely N-dealkylation sites (tertiary alicyclic amines) is 1. The van der Waals surface area contributed by atoms with Crippen molar-refractivity contribution in [3.63, 3.8) is 0 Å². The highest BCUT2D eigenvalue weighted by molar-refractivity contribution is 5.77. The summed E-state index contributed by atoms with van der Waals surface area (Å²) in [6.45, 7) is 40.0. The summed E-state index contributed by atoms with van der Waals surface area (Å²) in [6, 6.07) is 8.75. The van der Waals surface area contributed by atoms with Crippen LogP contribution in [0.3, 0.4) is 0 Å². The van der Waals surface area contributed by atoms with E-state index in [0.717, 1.165) is 67.5 Å². The van der Waals surface area contributed by atoms with Gasteiger partial charge < -0.3 is 20.1 Å². The van der Waals surface area contributed by atoms with Gasteiger partial charge in [-0.25, -0.2) is 4.98 Å². The van der Waals surface area contributed by atoms with Crippen LogP contribution in [0.15, 0.2) is 61.3 Å². The Morgan fingerprint density at radius 2 is 1.62 bits per heavy atom. The number of imidazole rings is 1. The molecule has 0 bridgehead atoms. The molecule has 1 aromatic carbocycles. The van der Waals surface area contributed by atoms with Crippen LogP contribution in [0.1, 0.15) is 151 Å². The fraction of sp³-hybridized carbons (Fsp3) is 0.636. The van der Waals surface area contributed by atoms with Crippen molar-refractivity contribution in [1.29, 1.82) is 0 Å². The third kappa shape index (κ3) is 11.9. The van der Waals surface area contributed by atoms with Crippen molar-refractivity contribution in [2.45, 2.75) is 160 Å². The highest BCUT2D eigenvalue weighted by Crippen LogP contribution is 2.53. The van der Waals surface area contributed by atoms with Gasteiger partial charge in [-0.3, -0.25) is 4.98 Å². The highest BCUT2D eigenvalue weighted by Gasteiger charge is 2.48. The number of hydrogen-bond acceptors (Lipinski definition) is 5. The number of nitrogens with two attached hydrogens (primary N) is 1. The molecular formula is C44H76N6. The van der Waals surface area contributed by atoms with E-state index in [2.05, 4.69) is 105 Å². The molecule has 2 N–H and O–H groups in total. The van der Waals surface area contributed by atoms with Crippen LogP contribution in [0.2, 0.25) is 0 Å². The average molecular weight is 689 g/mol. The molecule has 0 aliphatic carbocycles. The number of rotatable bonds is 10. The van der Waals surface area contributed by atoms with Crippen molar-refractivity contribution < 1.29 is 0 Å². The van der Waals surface area contributed by atoms with Crippen LogP contribution in [0, 0.1) is 18.3 Å². The number of nitrogens with zero attached hydrogens (tertiary/aromatic N) is 5. The molecule has 0 radical (unpaired) electrons. The number of allylic oxidation sites excluding steroid dienone is 1. The second-order valence-electron chi connectivity index (χ2n) is 14.7. The molecule has 2 aliphatic rings. The molecule has 2 aliphatic heterocycles. The van der Waals surface area contributed by atoms with Crippen molar-refractivity contribution in [3.8, 4) is 0 Å². The number of fused-ring (bicyclic) bond motifs is 3. The molecule has 0 atom stereocenters. The molecule has 4 heterocycles. The summed E-state index contributed by atoms with van der Waals surface area (Å²) in [5.41, 5.74) is 13.7. The number of piperidine rings is 1. The lowest BCUT2D eigenvalue weighted by Gasteiger charge is -2.41. The van der Waals surface area contributed by atoms with E-state index < -0.39 is 0 Å². The van der Waals surface area contributed by atoms with E-state index >= 15 is 0 Å². The first kappa shape index (κ1) is 44.7. The number of pyridine rings is 1. The van der Waals surface area contributed by atoms with Gasteiger partial charge in [-0.05, 0) is 73.3 Å². The third-order valence-corrected chi connectivity index (χ3v) is 9.48. The lowest BCUT2D eigenvalue weighted by atomic mass is 9.72. The Morgan fingerprint density at radius 3 is 2.18 bits per heavy atom. The molecule has 2 aromatic heterocycles. The molecular weight excluding hydrogens is 613 g/mol. The van der Waals surface area contributed by atoms with E-state index in [-0.39, 0.29) is 5.41 Å². The molecule has 1 saturated heterocycles. The molecule has 3 aromatic rings. The van der Waals surface area contributed by atoms with Gasteiger partial charge in [0.25, 0.3) is 0 Å². The Morgan fingerprint density at radius 1 is 0.980 bits per heavy atom. The molecule has 6 nitrogen and oxygen atoms in total. The van der Waals surface area contributed by atoms with Crippen LogP contribution < -0.4 is 10.6 Å². The minimum Gasteiger partial charge on any atom is -0.386 e. The highest BCUT2D eigenvalue weighted by atomic mass is 15.2. The topological polar surface area (TPSA) is 63.2 Å². The number of hydrogen-bond donors (Lipinski definition) is 1. The van der Waals surface area contributed by atoms with Gasteiger partial charge in [0.05, 0.1) is 35.3 Å². The smallest absolute Gasteiger partial charge is 0.129 e. The summed E-state index contributed by atoms with van der Waals surface area (Å²) in [7, 11) is 0. The maximum Gasteiger partial charge on any atom is 0.129 e. The molecule has 1 spiro atoms. The van der Waals surface area contributed by atoms with E-state index in [4.69, 9.17) is 10.7 Å². The first-order valence-corrected chi connectivity index (χ1v) is 19.9. The predicted octanol–water partition coefficient (Wildman–Crippen LogP) is 12.2. The standard InChI is InChI=1S/C28H36N6.C10H22.3C2H6/c1-5-6-7-14-33-25-17-20(2)8-9-24(25)31-27(33)19-34-21(3)28(23-10-13-30-18-26(23)34)11-15-32(16-12-28)22(4)29;1-9(2)7-6-8-10(3,4)5;3*1-2/h8-10,13,17-18H,3-7,11-12,14-16,19,29H2,1-2H3;9H,6-8H2,1-5H3;3*1-2H3. The Kier molecular flexibility index (Phi) is 19.5. The monoisotopic (exact) mass is 689 g/mol. The summed E-state index contributed by atoms with van der Waals surface area (Å²) in [6.07, 6.45) is 13.6. The first-order chi connectivity index (χ1) is 23.9. The summed E-state index contributed by atoms with van der Waals surface area (Å²) in [5, 5.41) is 0. The largest absolute Gasteiger partial charge is 0.386 e. The van der Waals surface area contributed by atoms with Crippen LogP contribution >= 0.6 is 0 Å². The number of aryl methyl sites for hydroxylation is 2. The zero-order valence-corrected chi connectivity index (χ0v) is 34.8. The minimum absolute atomic E-state index is 0.0835. The molecule has 6 heteroatoms. The van der Waals surface area contributed by atoms with Gasteiger partial charge in [-0.1, -0.05) is 128 Å². The van der Waals surface area contributed by atoms with Gasteiger partial charge in [0.2, 0.25) is 0 Å². The van der Waals surface area contributed by atoms with E-state index in [1.807, 2.05) is 53.9 Å². The van der Waals surface area contributed by atoms with Gasteiger partial charge >= 0.3 is 0 Å². The Hall–Kier alpha value is -3.28. The van der Waals surface area contributed by atoms with Crippen molar-refractivity contribution in [2.75, 3.05) is 18.0 Å². The number of benzene rings is 1. The minimum atomic E-state index is -0.0835. The van der Waals surface area contributed by atoms with Crippen LogP contribution in [0.5, 0.6) is 0 Å². The maximum absolute atomic E-state index is 6.00. The molecule has 0 saturated carbocycles. The summed E-state index contributed by atoms with van der Waals surface area (Å²) < 4.78 is 2.42. The van der Waals surface area contributed by atoms with Crippen molar-refractivity contribution in [3.05, 3.63) is 78.3 Å². The van der Waals surface area contributed by atoms with E-state index in [1.165, 1.54) is 48.7 Å². The van der Waals surface area contributed by atoms with Crippen LogP contribution in [0.4, 0.5) is 5.69 Å². The number of unbranched alkanes of at least 4 members (excludes halogenated alkanes) is 2. The molecule has 0 amide bonds. The molecule has 1 fully saturated rings. The second kappa shape index (κ2) is 21.8. The van der Waals surface area contributed by atoms with Gasteiger partial charge in [-0.2, -0.15) is 0 Å². The van der Waals surface area contributed by atoms with Crippen molar-refractivity contribution in [1.82, 2.24) is 19.4 Å². The summed E-state index contributed by atoms with van der Waals surface area (Å²) in [4.78, 5) is 14.1. The normalized spacial score (nSPS) is 14.5. The van der Waals surface area contributed by atoms with Gasteiger partial charge in [0.15, 0.2) is 0 Å². The number of anilines is 1. The van der Waals surface area contributed by atoms with Gasteiger partial charge in [-0.15, -0.1) is 0 Å².